The number of rotatable bonds is 1. The largest absolute Gasteiger partial charge is 0.388 e. The van der Waals surface area contributed by atoms with E-state index in [9.17, 15) is 9.90 Å². The zero-order valence-corrected chi connectivity index (χ0v) is 11.3. The maximum absolute atomic E-state index is 12.3. The van der Waals surface area contributed by atoms with Gasteiger partial charge in [-0.1, -0.05) is 0 Å². The summed E-state index contributed by atoms with van der Waals surface area (Å²) in [6.45, 7) is 2.84. The number of hydrogen-bond donors (Lipinski definition) is 1. The molecule has 17 heavy (non-hydrogen) atoms. The van der Waals surface area contributed by atoms with Crippen molar-refractivity contribution >= 4 is 21.8 Å². The molecule has 0 bridgehead atoms. The molecule has 1 N–H and O–H groups in total. The molecule has 1 saturated heterocycles. The molecule has 1 aliphatic heterocycles. The smallest absolute Gasteiger partial charge is 0.256 e. The molecule has 0 aromatic carbocycles. The third-order valence-corrected chi connectivity index (χ3v) is 3.58. The Morgan fingerprint density at radius 2 is 2.41 bits per heavy atom. The average molecular weight is 299 g/mol. The van der Waals surface area contributed by atoms with Crippen molar-refractivity contribution in [2.24, 2.45) is 0 Å². The molecule has 1 aliphatic rings. The normalized spacial score (nSPS) is 24.8. The molecule has 92 valence electrons. The van der Waals surface area contributed by atoms with E-state index >= 15 is 0 Å². The fraction of sp³-hybridized carbons (Fsp3) is 0.500. The summed E-state index contributed by atoms with van der Waals surface area (Å²) in [6.07, 6.45) is 3.20. The minimum Gasteiger partial charge on any atom is -0.388 e. The van der Waals surface area contributed by atoms with Crippen molar-refractivity contribution in [1.82, 2.24) is 9.88 Å². The van der Waals surface area contributed by atoms with Crippen molar-refractivity contribution in [2.75, 3.05) is 13.1 Å². The van der Waals surface area contributed by atoms with E-state index in [0.717, 1.165) is 12.8 Å². The molecular formula is C12H15BrN2O2. The Balaban J connectivity index is 2.18. The molecule has 0 spiro atoms. The number of aromatic nitrogens is 1. The highest BCUT2D eigenvalue weighted by molar-refractivity contribution is 9.10. The highest BCUT2D eigenvalue weighted by Gasteiger charge is 2.31. The predicted molar refractivity (Wildman–Crippen MR) is 67.7 cm³/mol. The average Bonchev–Trinajstić information content (AvgIpc) is 2.27. The monoisotopic (exact) mass is 298 g/mol. The number of amides is 1. The van der Waals surface area contributed by atoms with Gasteiger partial charge in [0.05, 0.1) is 11.2 Å². The number of likely N-dealkylation sites (tertiary alicyclic amines) is 1. The van der Waals surface area contributed by atoms with Crippen molar-refractivity contribution < 1.29 is 9.90 Å². The van der Waals surface area contributed by atoms with Crippen LogP contribution >= 0.6 is 15.9 Å². The number of aliphatic hydroxyl groups is 1. The summed E-state index contributed by atoms with van der Waals surface area (Å²) in [7, 11) is 0. The Morgan fingerprint density at radius 3 is 3.06 bits per heavy atom. The lowest BCUT2D eigenvalue weighted by molar-refractivity contribution is -0.0108. The van der Waals surface area contributed by atoms with E-state index in [2.05, 4.69) is 20.9 Å². The topological polar surface area (TPSA) is 53.4 Å². The van der Waals surface area contributed by atoms with E-state index in [1.165, 1.54) is 0 Å². The van der Waals surface area contributed by atoms with Gasteiger partial charge < -0.3 is 10.0 Å². The second-order valence-electron chi connectivity index (χ2n) is 4.67. The zero-order valence-electron chi connectivity index (χ0n) is 9.69. The zero-order chi connectivity index (χ0) is 12.5. The predicted octanol–water partition coefficient (Wildman–Crippen LogP) is 1.83. The number of halogens is 1. The molecule has 1 fully saturated rings. The summed E-state index contributed by atoms with van der Waals surface area (Å²) in [4.78, 5) is 18.0. The van der Waals surface area contributed by atoms with Gasteiger partial charge in [-0.05, 0) is 47.8 Å². The SMILES string of the molecule is CC1(O)CCCN(C(=O)c2cccnc2Br)C1. The van der Waals surface area contributed by atoms with E-state index < -0.39 is 5.60 Å². The number of hydrogen-bond acceptors (Lipinski definition) is 3. The number of carbonyl (C=O) groups is 1. The number of piperidine rings is 1. The molecule has 2 heterocycles. The van der Waals surface area contributed by atoms with Crippen molar-refractivity contribution in [3.63, 3.8) is 0 Å². The van der Waals surface area contributed by atoms with E-state index in [1.54, 1.807) is 30.2 Å². The second-order valence-corrected chi connectivity index (χ2v) is 5.42. The molecule has 0 radical (unpaired) electrons. The number of nitrogens with zero attached hydrogens (tertiary/aromatic N) is 2. The molecule has 5 heteroatoms. The van der Waals surface area contributed by atoms with Crippen molar-refractivity contribution in [3.05, 3.63) is 28.5 Å². The summed E-state index contributed by atoms with van der Waals surface area (Å²) in [5.41, 5.74) is -0.229. The van der Waals surface area contributed by atoms with Gasteiger partial charge in [-0.3, -0.25) is 4.79 Å². The van der Waals surface area contributed by atoms with Gasteiger partial charge in [-0.2, -0.15) is 0 Å². The van der Waals surface area contributed by atoms with Crippen LogP contribution in [0.5, 0.6) is 0 Å². The Kier molecular flexibility index (Phi) is 3.49. The summed E-state index contributed by atoms with van der Waals surface area (Å²) in [5, 5.41) is 9.99. The minimum absolute atomic E-state index is 0.0787. The summed E-state index contributed by atoms with van der Waals surface area (Å²) < 4.78 is 0.551. The first-order valence-electron chi connectivity index (χ1n) is 5.62. The number of β-amino-alcohol motifs (C(OH)–C–C–N with tert-alkyl or cyclic N) is 1. The first kappa shape index (κ1) is 12.5. The molecular weight excluding hydrogens is 284 g/mol. The van der Waals surface area contributed by atoms with Crippen LogP contribution in [0.15, 0.2) is 22.9 Å². The maximum Gasteiger partial charge on any atom is 0.256 e. The van der Waals surface area contributed by atoms with Gasteiger partial charge in [0.25, 0.3) is 5.91 Å². The minimum atomic E-state index is -0.775. The van der Waals surface area contributed by atoms with E-state index in [-0.39, 0.29) is 5.91 Å². The summed E-state index contributed by atoms with van der Waals surface area (Å²) >= 11 is 3.27. The third kappa shape index (κ3) is 2.84. The van der Waals surface area contributed by atoms with Crippen LogP contribution in [-0.4, -0.2) is 39.6 Å². The highest BCUT2D eigenvalue weighted by Crippen LogP contribution is 2.23. The van der Waals surface area contributed by atoms with Crippen LogP contribution in [0.25, 0.3) is 0 Å². The van der Waals surface area contributed by atoms with Crippen LogP contribution in [0.2, 0.25) is 0 Å². The van der Waals surface area contributed by atoms with Crippen LogP contribution in [0.1, 0.15) is 30.1 Å². The molecule has 1 aromatic heterocycles. The summed E-state index contributed by atoms with van der Waals surface area (Å²) in [5.74, 6) is -0.0787. The van der Waals surface area contributed by atoms with Crippen molar-refractivity contribution in [3.8, 4) is 0 Å². The molecule has 1 atom stereocenters. The Hall–Kier alpha value is -0.940. The second kappa shape index (κ2) is 4.74. The van der Waals surface area contributed by atoms with Gasteiger partial charge in [0.15, 0.2) is 0 Å². The van der Waals surface area contributed by atoms with Gasteiger partial charge >= 0.3 is 0 Å². The Bertz CT molecular complexity index is 434. The molecule has 1 unspecified atom stereocenters. The highest BCUT2D eigenvalue weighted by atomic mass is 79.9. The standard InChI is InChI=1S/C12H15BrN2O2/c1-12(17)5-3-7-15(8-12)11(16)9-4-2-6-14-10(9)13/h2,4,6,17H,3,5,7-8H2,1H3. The van der Waals surface area contributed by atoms with Crippen LogP contribution in [0, 0.1) is 0 Å². The Labute approximate surface area is 109 Å². The van der Waals surface area contributed by atoms with Gasteiger partial charge in [0, 0.05) is 19.3 Å². The van der Waals surface area contributed by atoms with Crippen LogP contribution < -0.4 is 0 Å². The lowest BCUT2D eigenvalue weighted by atomic mass is 9.95. The fourth-order valence-electron chi connectivity index (χ4n) is 2.11. The Morgan fingerprint density at radius 1 is 1.65 bits per heavy atom. The molecule has 2 rings (SSSR count). The summed E-state index contributed by atoms with van der Waals surface area (Å²) in [6, 6.07) is 3.48. The van der Waals surface area contributed by atoms with Crippen molar-refractivity contribution in [2.45, 2.75) is 25.4 Å². The molecule has 0 saturated carbocycles. The quantitative estimate of drug-likeness (QED) is 0.805. The van der Waals surface area contributed by atoms with Gasteiger partial charge in [-0.15, -0.1) is 0 Å². The van der Waals surface area contributed by atoms with Crippen LogP contribution in [0.3, 0.4) is 0 Å². The van der Waals surface area contributed by atoms with Gasteiger partial charge in [0.2, 0.25) is 0 Å². The molecule has 4 nitrogen and oxygen atoms in total. The number of pyridine rings is 1. The molecule has 0 aliphatic carbocycles. The molecule has 1 amide bonds. The van der Waals surface area contributed by atoms with Crippen LogP contribution in [0.4, 0.5) is 0 Å². The van der Waals surface area contributed by atoms with Gasteiger partial charge in [0.1, 0.15) is 4.60 Å². The maximum atomic E-state index is 12.3. The van der Waals surface area contributed by atoms with Gasteiger partial charge in [-0.25, -0.2) is 4.98 Å². The van der Waals surface area contributed by atoms with E-state index in [1.807, 2.05) is 0 Å². The van der Waals surface area contributed by atoms with Crippen molar-refractivity contribution in [1.29, 1.82) is 0 Å². The first-order valence-corrected chi connectivity index (χ1v) is 6.41. The lowest BCUT2D eigenvalue weighted by Gasteiger charge is -2.36. The molecule has 1 aromatic rings. The van der Waals surface area contributed by atoms with Crippen LogP contribution in [-0.2, 0) is 0 Å². The third-order valence-electron chi connectivity index (χ3n) is 2.95. The lowest BCUT2D eigenvalue weighted by Crippen LogP contribution is -2.48. The number of carbonyl (C=O) groups excluding carboxylic acids is 1. The fourth-order valence-corrected chi connectivity index (χ4v) is 2.53. The van der Waals surface area contributed by atoms with E-state index in [0.29, 0.717) is 23.3 Å². The van der Waals surface area contributed by atoms with E-state index in [4.69, 9.17) is 0 Å². The first-order chi connectivity index (χ1) is 7.99.